The molecule has 4 aromatic rings. The molecular weight excluding hydrogens is 436 g/mol. The maximum Gasteiger partial charge on any atom is 0.254 e. The number of para-hydroxylation sites is 1. The van der Waals surface area contributed by atoms with Gasteiger partial charge in [0.2, 0.25) is 0 Å². The molecule has 0 radical (unpaired) electrons. The second-order valence-electron chi connectivity index (χ2n) is 8.42. The van der Waals surface area contributed by atoms with Crippen molar-refractivity contribution in [1.82, 2.24) is 14.9 Å². The minimum atomic E-state index is -0.129. The lowest BCUT2D eigenvalue weighted by atomic mass is 10.1. The van der Waals surface area contributed by atoms with Gasteiger partial charge in [-0.25, -0.2) is 5.43 Å². The van der Waals surface area contributed by atoms with Crippen LogP contribution in [0.3, 0.4) is 0 Å². The summed E-state index contributed by atoms with van der Waals surface area (Å²) < 4.78 is 7.61. The Kier molecular flexibility index (Phi) is 7.13. The van der Waals surface area contributed by atoms with Crippen LogP contribution >= 0.6 is 0 Å². The predicted molar refractivity (Wildman–Crippen MR) is 140 cm³/mol. The van der Waals surface area contributed by atoms with Crippen molar-refractivity contribution < 1.29 is 9.53 Å². The number of rotatable bonds is 7. The van der Waals surface area contributed by atoms with Crippen molar-refractivity contribution in [1.29, 1.82) is 0 Å². The van der Waals surface area contributed by atoms with E-state index in [-0.39, 0.29) is 5.91 Å². The van der Waals surface area contributed by atoms with Gasteiger partial charge in [-0.2, -0.15) is 5.10 Å². The number of nitrogens with one attached hydrogen (secondary N) is 1. The third-order valence-corrected chi connectivity index (χ3v) is 6.03. The number of ether oxygens (including phenoxy) is 1. The van der Waals surface area contributed by atoms with Crippen LogP contribution in [-0.4, -0.2) is 54.4 Å². The van der Waals surface area contributed by atoms with E-state index in [1.54, 1.807) is 6.21 Å². The second-order valence-corrected chi connectivity index (χ2v) is 8.42. The van der Waals surface area contributed by atoms with E-state index in [4.69, 9.17) is 4.74 Å². The van der Waals surface area contributed by atoms with E-state index in [1.807, 2.05) is 54.6 Å². The SMILES string of the molecule is O=C(CN1CCOCC1)N/N=C/c1cc(-c2ccccc2)n(-c2ccccc2)c1-c1ccccc1. The van der Waals surface area contributed by atoms with Gasteiger partial charge in [-0.1, -0.05) is 78.9 Å². The zero-order valence-electron chi connectivity index (χ0n) is 19.5. The smallest absolute Gasteiger partial charge is 0.254 e. The standard InChI is InChI=1S/C29H28N4O2/c34-28(22-32-16-18-35-19-17-32)31-30-21-25-20-27(23-10-4-1-5-11-23)33(26-14-8-3-9-15-26)29(25)24-12-6-2-7-13-24/h1-15,20-21H,16-19,22H2,(H,31,34)/b30-21+. The average molecular weight is 465 g/mol. The van der Waals surface area contributed by atoms with Crippen LogP contribution in [0.25, 0.3) is 28.2 Å². The van der Waals surface area contributed by atoms with Crippen LogP contribution in [0, 0.1) is 0 Å². The molecule has 0 atom stereocenters. The van der Waals surface area contributed by atoms with Gasteiger partial charge >= 0.3 is 0 Å². The van der Waals surface area contributed by atoms with Crippen molar-refractivity contribution in [2.45, 2.75) is 0 Å². The number of hydrogen-bond donors (Lipinski definition) is 1. The molecule has 5 rings (SSSR count). The van der Waals surface area contributed by atoms with Crippen LogP contribution in [0.4, 0.5) is 0 Å². The lowest BCUT2D eigenvalue weighted by Crippen LogP contribution is -2.42. The molecule has 1 N–H and O–H groups in total. The summed E-state index contributed by atoms with van der Waals surface area (Å²) in [4.78, 5) is 14.5. The molecule has 0 spiro atoms. The van der Waals surface area contributed by atoms with E-state index in [0.717, 1.165) is 46.9 Å². The van der Waals surface area contributed by atoms with Crippen molar-refractivity contribution >= 4 is 12.1 Å². The Labute approximate surface area is 205 Å². The summed E-state index contributed by atoms with van der Waals surface area (Å²) in [6.45, 7) is 3.15. The first-order chi connectivity index (χ1) is 17.3. The molecule has 0 aliphatic carbocycles. The first-order valence-electron chi connectivity index (χ1n) is 11.8. The number of benzene rings is 3. The summed E-state index contributed by atoms with van der Waals surface area (Å²) in [5, 5.41) is 4.34. The molecule has 6 heteroatoms. The molecule has 1 fully saturated rings. The number of aromatic nitrogens is 1. The second kappa shape index (κ2) is 11.0. The van der Waals surface area contributed by atoms with Gasteiger partial charge in [0.1, 0.15) is 0 Å². The van der Waals surface area contributed by atoms with Crippen molar-refractivity contribution in [2.24, 2.45) is 5.10 Å². The highest BCUT2D eigenvalue weighted by Crippen LogP contribution is 2.35. The van der Waals surface area contributed by atoms with E-state index in [1.165, 1.54) is 0 Å². The largest absolute Gasteiger partial charge is 0.379 e. The zero-order valence-corrected chi connectivity index (χ0v) is 19.5. The number of amides is 1. The van der Waals surface area contributed by atoms with E-state index in [0.29, 0.717) is 19.8 Å². The van der Waals surface area contributed by atoms with Crippen LogP contribution in [0.1, 0.15) is 5.56 Å². The summed E-state index contributed by atoms with van der Waals surface area (Å²) in [5.74, 6) is -0.129. The van der Waals surface area contributed by atoms with Gasteiger partial charge < -0.3 is 9.30 Å². The number of carbonyl (C=O) groups excluding carboxylic acids is 1. The quantitative estimate of drug-likeness (QED) is 0.321. The van der Waals surface area contributed by atoms with E-state index in [9.17, 15) is 4.79 Å². The number of nitrogens with zero attached hydrogens (tertiary/aromatic N) is 3. The number of hydrazone groups is 1. The summed E-state index contributed by atoms with van der Waals surface area (Å²) in [6, 6.07) is 33.0. The molecule has 1 aromatic heterocycles. The lowest BCUT2D eigenvalue weighted by molar-refractivity contribution is -0.123. The Morgan fingerprint density at radius 1 is 0.857 bits per heavy atom. The number of morpholine rings is 1. The van der Waals surface area contributed by atoms with E-state index < -0.39 is 0 Å². The highest BCUT2D eigenvalue weighted by molar-refractivity contribution is 5.94. The fourth-order valence-electron chi connectivity index (χ4n) is 4.36. The Balaban J connectivity index is 1.53. The van der Waals surface area contributed by atoms with E-state index >= 15 is 0 Å². The fourth-order valence-corrected chi connectivity index (χ4v) is 4.36. The Morgan fingerprint density at radius 3 is 2.11 bits per heavy atom. The van der Waals surface area contributed by atoms with Crippen molar-refractivity contribution in [2.75, 3.05) is 32.8 Å². The first-order valence-corrected chi connectivity index (χ1v) is 11.8. The van der Waals surface area contributed by atoms with Gasteiger partial charge in [0.05, 0.1) is 37.4 Å². The molecule has 1 amide bonds. The molecule has 3 aromatic carbocycles. The molecular formula is C29H28N4O2. The predicted octanol–water partition coefficient (Wildman–Crippen LogP) is 4.59. The third-order valence-electron chi connectivity index (χ3n) is 6.03. The molecule has 1 saturated heterocycles. The lowest BCUT2D eigenvalue weighted by Gasteiger charge is -2.25. The highest BCUT2D eigenvalue weighted by atomic mass is 16.5. The molecule has 176 valence electrons. The fraction of sp³-hybridized carbons (Fsp3) is 0.172. The molecule has 2 heterocycles. The van der Waals surface area contributed by atoms with Gasteiger partial charge in [0.25, 0.3) is 5.91 Å². The summed E-state index contributed by atoms with van der Waals surface area (Å²) in [7, 11) is 0. The Morgan fingerprint density at radius 2 is 1.46 bits per heavy atom. The van der Waals surface area contributed by atoms with Gasteiger partial charge in [0.15, 0.2) is 0 Å². The topological polar surface area (TPSA) is 58.9 Å². The van der Waals surface area contributed by atoms with Crippen molar-refractivity contribution in [3.05, 3.63) is 103 Å². The molecule has 0 saturated carbocycles. The number of carbonyl (C=O) groups is 1. The molecule has 0 unspecified atom stereocenters. The summed E-state index contributed by atoms with van der Waals surface area (Å²) in [6.07, 6.45) is 1.74. The first kappa shape index (κ1) is 22.8. The van der Waals surface area contributed by atoms with Crippen LogP contribution in [-0.2, 0) is 9.53 Å². The maximum absolute atomic E-state index is 12.5. The number of hydrogen-bond acceptors (Lipinski definition) is 4. The third kappa shape index (κ3) is 5.40. The van der Waals surface area contributed by atoms with Crippen LogP contribution in [0.2, 0.25) is 0 Å². The zero-order chi connectivity index (χ0) is 23.9. The maximum atomic E-state index is 12.5. The van der Waals surface area contributed by atoms with E-state index in [2.05, 4.69) is 62.5 Å². The average Bonchev–Trinajstić information content (AvgIpc) is 3.30. The monoisotopic (exact) mass is 464 g/mol. The summed E-state index contributed by atoms with van der Waals surface area (Å²) >= 11 is 0. The van der Waals surface area contributed by atoms with Gasteiger partial charge in [-0.15, -0.1) is 0 Å². The Bertz CT molecular complexity index is 1280. The minimum absolute atomic E-state index is 0.129. The minimum Gasteiger partial charge on any atom is -0.379 e. The van der Waals surface area contributed by atoms with Gasteiger partial charge in [0, 0.05) is 24.3 Å². The molecule has 0 bridgehead atoms. The van der Waals surface area contributed by atoms with Gasteiger partial charge in [-0.05, 0) is 29.3 Å². The molecule has 35 heavy (non-hydrogen) atoms. The summed E-state index contributed by atoms with van der Waals surface area (Å²) in [5.41, 5.74) is 8.92. The van der Waals surface area contributed by atoms with Crippen LogP contribution < -0.4 is 5.43 Å². The van der Waals surface area contributed by atoms with Crippen molar-refractivity contribution in [3.8, 4) is 28.2 Å². The molecule has 6 nitrogen and oxygen atoms in total. The molecule has 1 aliphatic heterocycles. The van der Waals surface area contributed by atoms with Gasteiger partial charge in [-0.3, -0.25) is 9.69 Å². The van der Waals surface area contributed by atoms with Crippen LogP contribution in [0.5, 0.6) is 0 Å². The van der Waals surface area contributed by atoms with Crippen LogP contribution in [0.15, 0.2) is 102 Å². The highest BCUT2D eigenvalue weighted by Gasteiger charge is 2.19. The van der Waals surface area contributed by atoms with Crippen molar-refractivity contribution in [3.63, 3.8) is 0 Å². The molecule has 1 aliphatic rings. The Hall–Kier alpha value is -4.00. The normalized spacial score (nSPS) is 14.3.